The van der Waals surface area contributed by atoms with Crippen molar-refractivity contribution in [3.63, 3.8) is 0 Å². The molecule has 92 valence electrons. The Morgan fingerprint density at radius 2 is 2.24 bits per heavy atom. The molecule has 2 aromatic heterocycles. The maximum atomic E-state index is 10.4. The van der Waals surface area contributed by atoms with Crippen LogP contribution in [0.25, 0.3) is 0 Å². The Bertz CT molecular complexity index is 477. The zero-order chi connectivity index (χ0) is 12.4. The van der Waals surface area contributed by atoms with E-state index in [1.165, 1.54) is 0 Å². The maximum absolute atomic E-state index is 10.4. The summed E-state index contributed by atoms with van der Waals surface area (Å²) in [5, 5.41) is 18.5. The molecule has 0 aromatic carbocycles. The molecular formula is C12H16N2O2S. The Hall–Kier alpha value is -1.33. The number of aliphatic hydroxyl groups excluding tert-OH is 1. The first kappa shape index (κ1) is 12.1. The van der Waals surface area contributed by atoms with Gasteiger partial charge in [-0.3, -0.25) is 4.68 Å². The van der Waals surface area contributed by atoms with Gasteiger partial charge in [0.15, 0.2) is 5.75 Å². The van der Waals surface area contributed by atoms with E-state index in [1.54, 1.807) is 29.3 Å². The Labute approximate surface area is 104 Å². The van der Waals surface area contributed by atoms with Gasteiger partial charge in [-0.25, -0.2) is 0 Å². The summed E-state index contributed by atoms with van der Waals surface area (Å²) in [6.07, 6.45) is 0.950. The Morgan fingerprint density at radius 1 is 1.47 bits per heavy atom. The van der Waals surface area contributed by atoms with E-state index < -0.39 is 6.10 Å². The monoisotopic (exact) mass is 252 g/mol. The van der Waals surface area contributed by atoms with E-state index in [-0.39, 0.29) is 6.04 Å². The minimum Gasteiger partial charge on any atom is -0.493 e. The van der Waals surface area contributed by atoms with Crippen LogP contribution in [-0.2, 0) is 0 Å². The second-order valence-corrected chi connectivity index (χ2v) is 4.88. The normalized spacial score (nSPS) is 13.0. The van der Waals surface area contributed by atoms with Crippen LogP contribution in [0, 0.1) is 0 Å². The molecule has 2 rings (SSSR count). The minimum absolute atomic E-state index is 0.183. The summed E-state index contributed by atoms with van der Waals surface area (Å²) in [6.45, 7) is 4.05. The summed E-state index contributed by atoms with van der Waals surface area (Å²) >= 11 is 1.56. The first-order valence-corrected chi connectivity index (χ1v) is 6.41. The lowest BCUT2D eigenvalue weighted by Gasteiger charge is -2.16. The maximum Gasteiger partial charge on any atom is 0.163 e. The molecule has 0 aliphatic carbocycles. The van der Waals surface area contributed by atoms with Crippen LogP contribution in [0.4, 0.5) is 0 Å². The van der Waals surface area contributed by atoms with Gasteiger partial charge in [0.1, 0.15) is 11.8 Å². The molecule has 0 saturated carbocycles. The average Bonchev–Trinajstić information content (AvgIpc) is 2.96. The quantitative estimate of drug-likeness (QED) is 0.910. The lowest BCUT2D eigenvalue weighted by molar-refractivity contribution is 0.200. The summed E-state index contributed by atoms with van der Waals surface area (Å²) in [5.74, 6) is 0.623. The number of aromatic nitrogens is 2. The van der Waals surface area contributed by atoms with Gasteiger partial charge >= 0.3 is 0 Å². The van der Waals surface area contributed by atoms with Crippen molar-refractivity contribution in [2.24, 2.45) is 0 Å². The van der Waals surface area contributed by atoms with Crippen LogP contribution in [0.2, 0.25) is 0 Å². The predicted molar refractivity (Wildman–Crippen MR) is 67.5 cm³/mol. The fraction of sp³-hybridized carbons (Fsp3) is 0.417. The summed E-state index contributed by atoms with van der Waals surface area (Å²) in [5.41, 5.74) is 1.58. The van der Waals surface area contributed by atoms with Gasteiger partial charge in [-0.1, -0.05) is 0 Å². The van der Waals surface area contributed by atoms with Gasteiger partial charge in [0, 0.05) is 6.04 Å². The fourth-order valence-electron chi connectivity index (χ4n) is 1.77. The molecule has 0 bridgehead atoms. The van der Waals surface area contributed by atoms with Crippen molar-refractivity contribution in [1.29, 1.82) is 0 Å². The van der Waals surface area contributed by atoms with Crippen LogP contribution in [0.1, 0.15) is 37.3 Å². The second-order valence-electron chi connectivity index (χ2n) is 4.10. The van der Waals surface area contributed by atoms with Crippen LogP contribution in [-0.4, -0.2) is 22.0 Å². The first-order valence-electron chi connectivity index (χ1n) is 5.46. The number of nitrogens with zero attached hydrogens (tertiary/aromatic N) is 2. The molecule has 5 heteroatoms. The summed E-state index contributed by atoms with van der Waals surface area (Å²) < 4.78 is 7.05. The smallest absolute Gasteiger partial charge is 0.163 e. The Kier molecular flexibility index (Phi) is 3.49. The van der Waals surface area contributed by atoms with E-state index in [9.17, 15) is 5.11 Å². The number of hydrogen-bond acceptors (Lipinski definition) is 4. The van der Waals surface area contributed by atoms with Gasteiger partial charge in [0.05, 0.1) is 13.3 Å². The van der Waals surface area contributed by atoms with Crippen LogP contribution in [0.15, 0.2) is 23.0 Å². The van der Waals surface area contributed by atoms with E-state index in [0.29, 0.717) is 11.4 Å². The molecule has 0 aliphatic heterocycles. The minimum atomic E-state index is -0.693. The zero-order valence-corrected chi connectivity index (χ0v) is 10.9. The molecule has 0 spiro atoms. The van der Waals surface area contributed by atoms with Crippen molar-refractivity contribution in [3.8, 4) is 5.75 Å². The van der Waals surface area contributed by atoms with Crippen molar-refractivity contribution < 1.29 is 9.84 Å². The highest BCUT2D eigenvalue weighted by atomic mass is 32.1. The average molecular weight is 252 g/mol. The topological polar surface area (TPSA) is 47.3 Å². The predicted octanol–water partition coefficient (Wildman–Crippen LogP) is 2.62. The highest BCUT2D eigenvalue weighted by Crippen LogP contribution is 2.32. The van der Waals surface area contributed by atoms with Crippen LogP contribution < -0.4 is 4.74 Å². The third-order valence-corrected chi connectivity index (χ3v) is 3.33. The van der Waals surface area contributed by atoms with Crippen LogP contribution in [0.3, 0.4) is 0 Å². The molecule has 0 amide bonds. The lowest BCUT2D eigenvalue weighted by atomic mass is 10.1. The molecule has 1 N–H and O–H groups in total. The molecule has 0 fully saturated rings. The van der Waals surface area contributed by atoms with Crippen LogP contribution in [0.5, 0.6) is 5.75 Å². The number of rotatable bonds is 4. The van der Waals surface area contributed by atoms with Crippen molar-refractivity contribution in [2.45, 2.75) is 26.0 Å². The standard InChI is InChI=1S/C12H16N2O2S/c1-8(2)14-11(10(16-3)6-13-14)12(15)9-4-5-17-7-9/h4-8,12,15H,1-3H3. The number of aliphatic hydroxyl groups is 1. The van der Waals surface area contributed by atoms with E-state index in [1.807, 2.05) is 30.7 Å². The van der Waals surface area contributed by atoms with Crippen molar-refractivity contribution in [1.82, 2.24) is 9.78 Å². The van der Waals surface area contributed by atoms with Crippen LogP contribution >= 0.6 is 11.3 Å². The Balaban J connectivity index is 2.45. The second kappa shape index (κ2) is 4.89. The molecule has 1 unspecified atom stereocenters. The summed E-state index contributed by atoms with van der Waals surface area (Å²) in [4.78, 5) is 0. The number of hydrogen-bond donors (Lipinski definition) is 1. The van der Waals surface area contributed by atoms with Gasteiger partial charge in [-0.15, -0.1) is 0 Å². The SMILES string of the molecule is COc1cnn(C(C)C)c1C(O)c1ccsc1. The van der Waals surface area contributed by atoms with Gasteiger partial charge < -0.3 is 9.84 Å². The molecule has 0 radical (unpaired) electrons. The molecular weight excluding hydrogens is 236 g/mol. The lowest BCUT2D eigenvalue weighted by Crippen LogP contribution is -2.12. The number of thiophene rings is 1. The summed E-state index contributed by atoms with van der Waals surface area (Å²) in [7, 11) is 1.59. The van der Waals surface area contributed by atoms with Gasteiger partial charge in [0.25, 0.3) is 0 Å². The highest BCUT2D eigenvalue weighted by Gasteiger charge is 2.22. The van der Waals surface area contributed by atoms with Crippen molar-refractivity contribution >= 4 is 11.3 Å². The van der Waals surface area contributed by atoms with Crippen molar-refractivity contribution in [2.75, 3.05) is 7.11 Å². The van der Waals surface area contributed by atoms with Gasteiger partial charge in [0.2, 0.25) is 0 Å². The molecule has 17 heavy (non-hydrogen) atoms. The van der Waals surface area contributed by atoms with E-state index in [4.69, 9.17) is 4.74 Å². The summed E-state index contributed by atoms with van der Waals surface area (Å²) in [6, 6.07) is 2.09. The van der Waals surface area contributed by atoms with Crippen molar-refractivity contribution in [3.05, 3.63) is 34.3 Å². The zero-order valence-electron chi connectivity index (χ0n) is 10.1. The number of ether oxygens (including phenoxy) is 1. The molecule has 1 atom stereocenters. The van der Waals surface area contributed by atoms with Gasteiger partial charge in [-0.05, 0) is 36.2 Å². The molecule has 2 aromatic rings. The third kappa shape index (κ3) is 2.21. The first-order chi connectivity index (χ1) is 8.15. The molecule has 0 aliphatic rings. The fourth-order valence-corrected chi connectivity index (χ4v) is 2.45. The Morgan fingerprint density at radius 3 is 2.76 bits per heavy atom. The third-order valence-electron chi connectivity index (χ3n) is 2.63. The molecule has 2 heterocycles. The largest absolute Gasteiger partial charge is 0.493 e. The highest BCUT2D eigenvalue weighted by molar-refractivity contribution is 7.07. The molecule has 4 nitrogen and oxygen atoms in total. The van der Waals surface area contributed by atoms with E-state index in [2.05, 4.69) is 5.10 Å². The van der Waals surface area contributed by atoms with E-state index in [0.717, 1.165) is 5.56 Å². The molecule has 0 saturated heterocycles. The van der Waals surface area contributed by atoms with Gasteiger partial charge in [-0.2, -0.15) is 16.4 Å². The number of methoxy groups -OCH3 is 1. The van der Waals surface area contributed by atoms with E-state index >= 15 is 0 Å².